The van der Waals surface area contributed by atoms with E-state index < -0.39 is 0 Å². The molecule has 0 bridgehead atoms. The van der Waals surface area contributed by atoms with Crippen LogP contribution in [0.25, 0.3) is 0 Å². The number of tetrazole rings is 1. The molecule has 0 spiro atoms. The summed E-state index contributed by atoms with van der Waals surface area (Å²) in [5.74, 6) is 1.04. The van der Waals surface area contributed by atoms with Crippen molar-refractivity contribution in [2.45, 2.75) is 51.1 Å². The van der Waals surface area contributed by atoms with Crippen LogP contribution >= 0.6 is 11.3 Å². The van der Waals surface area contributed by atoms with E-state index in [1.807, 2.05) is 11.3 Å². The van der Waals surface area contributed by atoms with Gasteiger partial charge in [-0.2, -0.15) is 0 Å². The van der Waals surface area contributed by atoms with Crippen LogP contribution in [0, 0.1) is 0 Å². The number of aromatic nitrogens is 4. The molecular weight excluding hydrogens is 332 g/mol. The number of piperazine rings is 1. The van der Waals surface area contributed by atoms with E-state index in [4.69, 9.17) is 0 Å². The Morgan fingerprint density at radius 2 is 1.96 bits per heavy atom. The van der Waals surface area contributed by atoms with Crippen LogP contribution in [0.4, 0.5) is 0 Å². The third-order valence-corrected chi connectivity index (χ3v) is 6.64. The molecule has 2 aliphatic rings. The second-order valence-electron chi connectivity index (χ2n) is 7.16. The lowest BCUT2D eigenvalue weighted by Gasteiger charge is -2.38. The van der Waals surface area contributed by atoms with Crippen molar-refractivity contribution in [3.8, 4) is 0 Å². The van der Waals surface area contributed by atoms with Crippen LogP contribution in [0.1, 0.15) is 61.8 Å². The minimum absolute atomic E-state index is 0.191. The number of thiophene rings is 1. The zero-order valence-corrected chi connectivity index (χ0v) is 15.9. The summed E-state index contributed by atoms with van der Waals surface area (Å²) in [7, 11) is 0. The summed E-state index contributed by atoms with van der Waals surface area (Å²) >= 11 is 1.82. The van der Waals surface area contributed by atoms with Gasteiger partial charge in [0.25, 0.3) is 0 Å². The molecule has 4 rings (SSSR count). The Kier molecular flexibility index (Phi) is 5.43. The van der Waals surface area contributed by atoms with Crippen LogP contribution in [-0.4, -0.2) is 62.7 Å². The molecular formula is C18H28N6S. The molecule has 2 aromatic rings. The molecule has 7 heteroatoms. The zero-order valence-electron chi connectivity index (χ0n) is 15.0. The van der Waals surface area contributed by atoms with Gasteiger partial charge in [0.1, 0.15) is 6.04 Å². The number of hydrogen-bond donors (Lipinski definition) is 0. The van der Waals surface area contributed by atoms with Crippen LogP contribution in [0.5, 0.6) is 0 Å². The van der Waals surface area contributed by atoms with Crippen molar-refractivity contribution in [3.05, 3.63) is 28.2 Å². The molecule has 136 valence electrons. The molecule has 1 aliphatic carbocycles. The van der Waals surface area contributed by atoms with Crippen LogP contribution in [0.15, 0.2) is 17.5 Å². The maximum absolute atomic E-state index is 4.52. The van der Waals surface area contributed by atoms with Crippen molar-refractivity contribution < 1.29 is 0 Å². The maximum atomic E-state index is 4.52. The van der Waals surface area contributed by atoms with E-state index in [2.05, 4.69) is 54.4 Å². The van der Waals surface area contributed by atoms with Crippen LogP contribution in [0.2, 0.25) is 0 Å². The van der Waals surface area contributed by atoms with Gasteiger partial charge in [-0.15, -0.1) is 16.4 Å². The molecule has 1 saturated carbocycles. The van der Waals surface area contributed by atoms with Crippen molar-refractivity contribution >= 4 is 11.3 Å². The Morgan fingerprint density at radius 1 is 1.16 bits per heavy atom. The minimum atomic E-state index is 0.191. The quantitative estimate of drug-likeness (QED) is 0.820. The summed E-state index contributed by atoms with van der Waals surface area (Å²) < 4.78 is 2.15. The molecule has 1 aliphatic heterocycles. The number of nitrogens with zero attached hydrogens (tertiary/aromatic N) is 6. The predicted molar refractivity (Wildman–Crippen MR) is 99.8 cm³/mol. The molecule has 0 radical (unpaired) electrons. The SMILES string of the molecule is CCN1CCN(C(c2cccs2)c2nnnn2C2CCCCC2)CC1. The Morgan fingerprint density at radius 3 is 2.64 bits per heavy atom. The number of rotatable bonds is 5. The highest BCUT2D eigenvalue weighted by atomic mass is 32.1. The van der Waals surface area contributed by atoms with E-state index in [1.54, 1.807) is 0 Å². The molecule has 25 heavy (non-hydrogen) atoms. The Balaban J connectivity index is 1.62. The van der Waals surface area contributed by atoms with Gasteiger partial charge in [-0.1, -0.05) is 32.3 Å². The zero-order chi connectivity index (χ0) is 17.1. The van der Waals surface area contributed by atoms with E-state index >= 15 is 0 Å². The first-order valence-electron chi connectivity index (χ1n) is 9.64. The van der Waals surface area contributed by atoms with Gasteiger partial charge in [0, 0.05) is 31.1 Å². The smallest absolute Gasteiger partial charge is 0.174 e. The molecule has 6 nitrogen and oxygen atoms in total. The Labute approximate surface area is 153 Å². The summed E-state index contributed by atoms with van der Waals surface area (Å²) in [6, 6.07) is 5.04. The van der Waals surface area contributed by atoms with Crippen molar-refractivity contribution in [1.29, 1.82) is 0 Å². The molecule has 1 unspecified atom stereocenters. The fourth-order valence-corrected chi connectivity index (χ4v) is 5.08. The summed E-state index contributed by atoms with van der Waals surface area (Å²) in [5, 5.41) is 15.2. The first-order chi connectivity index (χ1) is 12.4. The molecule has 1 atom stereocenters. The van der Waals surface area contributed by atoms with Crippen molar-refractivity contribution in [2.24, 2.45) is 0 Å². The third kappa shape index (κ3) is 3.64. The van der Waals surface area contributed by atoms with E-state index in [0.717, 1.165) is 38.5 Å². The molecule has 3 heterocycles. The van der Waals surface area contributed by atoms with E-state index in [9.17, 15) is 0 Å². The van der Waals surface area contributed by atoms with E-state index in [1.165, 1.54) is 37.0 Å². The van der Waals surface area contributed by atoms with Gasteiger partial charge in [-0.25, -0.2) is 4.68 Å². The molecule has 0 aromatic carbocycles. The lowest BCUT2D eigenvalue weighted by atomic mass is 9.95. The highest BCUT2D eigenvalue weighted by molar-refractivity contribution is 7.10. The second kappa shape index (κ2) is 7.93. The van der Waals surface area contributed by atoms with Crippen molar-refractivity contribution in [2.75, 3.05) is 32.7 Å². The van der Waals surface area contributed by atoms with Gasteiger partial charge in [0.2, 0.25) is 0 Å². The third-order valence-electron chi connectivity index (χ3n) is 5.72. The lowest BCUT2D eigenvalue weighted by molar-refractivity contribution is 0.108. The van der Waals surface area contributed by atoms with Crippen molar-refractivity contribution in [3.63, 3.8) is 0 Å². The van der Waals surface area contributed by atoms with Gasteiger partial charge in [-0.3, -0.25) is 4.90 Å². The van der Waals surface area contributed by atoms with Crippen LogP contribution in [-0.2, 0) is 0 Å². The topological polar surface area (TPSA) is 50.1 Å². The Bertz CT molecular complexity index is 640. The number of likely N-dealkylation sites (N-methyl/N-ethyl adjacent to an activating group) is 1. The van der Waals surface area contributed by atoms with Crippen LogP contribution < -0.4 is 0 Å². The lowest BCUT2D eigenvalue weighted by Crippen LogP contribution is -2.48. The monoisotopic (exact) mass is 360 g/mol. The summed E-state index contributed by atoms with van der Waals surface area (Å²) in [6.07, 6.45) is 6.35. The normalized spacial score (nSPS) is 22.3. The molecule has 0 N–H and O–H groups in total. The molecule has 2 fully saturated rings. The highest BCUT2D eigenvalue weighted by Crippen LogP contribution is 2.35. The largest absolute Gasteiger partial charge is 0.301 e. The maximum Gasteiger partial charge on any atom is 0.174 e. The fourth-order valence-electron chi connectivity index (χ4n) is 4.22. The average molecular weight is 361 g/mol. The molecule has 1 saturated heterocycles. The first-order valence-corrected chi connectivity index (χ1v) is 10.5. The minimum Gasteiger partial charge on any atom is -0.301 e. The predicted octanol–water partition coefficient (Wildman–Crippen LogP) is 2.97. The van der Waals surface area contributed by atoms with Gasteiger partial charge in [0.15, 0.2) is 5.82 Å². The second-order valence-corrected chi connectivity index (χ2v) is 8.14. The van der Waals surface area contributed by atoms with Gasteiger partial charge in [0.05, 0.1) is 6.04 Å². The van der Waals surface area contributed by atoms with Gasteiger partial charge >= 0.3 is 0 Å². The van der Waals surface area contributed by atoms with Gasteiger partial charge in [-0.05, 0) is 41.3 Å². The fraction of sp³-hybridized carbons (Fsp3) is 0.722. The molecule has 2 aromatic heterocycles. The van der Waals surface area contributed by atoms with E-state index in [-0.39, 0.29) is 6.04 Å². The summed E-state index contributed by atoms with van der Waals surface area (Å²) in [6.45, 7) is 7.79. The number of hydrogen-bond acceptors (Lipinski definition) is 6. The molecule has 0 amide bonds. The first kappa shape index (κ1) is 17.1. The summed E-state index contributed by atoms with van der Waals surface area (Å²) in [4.78, 5) is 6.45. The van der Waals surface area contributed by atoms with Gasteiger partial charge < -0.3 is 4.90 Å². The van der Waals surface area contributed by atoms with E-state index in [0.29, 0.717) is 6.04 Å². The highest BCUT2D eigenvalue weighted by Gasteiger charge is 2.32. The van der Waals surface area contributed by atoms with Crippen molar-refractivity contribution in [1.82, 2.24) is 30.0 Å². The standard InChI is InChI=1S/C18H28N6S/c1-2-22-10-12-23(13-11-22)17(16-9-6-14-25-16)18-19-20-21-24(18)15-7-4-3-5-8-15/h6,9,14-15,17H,2-5,7-8,10-13H2,1H3. The van der Waals surface area contributed by atoms with Crippen LogP contribution in [0.3, 0.4) is 0 Å². The Hall–Kier alpha value is -1.31. The average Bonchev–Trinajstić information content (AvgIpc) is 3.36. The summed E-state index contributed by atoms with van der Waals surface area (Å²) in [5.41, 5.74) is 0.